The van der Waals surface area contributed by atoms with Gasteiger partial charge in [0.05, 0.1) is 0 Å². The number of hydrogen-bond donors (Lipinski definition) is 0. The van der Waals surface area contributed by atoms with Gasteiger partial charge in [0.1, 0.15) is 6.29 Å². The van der Waals surface area contributed by atoms with Crippen molar-refractivity contribution in [1.29, 1.82) is 0 Å². The Labute approximate surface area is 99.6 Å². The molecule has 0 heterocycles. The minimum atomic E-state index is 0.312. The van der Waals surface area contributed by atoms with Crippen LogP contribution in [0.2, 0.25) is 0 Å². The topological polar surface area (TPSA) is 17.1 Å². The molecule has 0 saturated heterocycles. The number of carbonyl (C=O) groups excluding carboxylic acids is 1. The molecule has 1 heteroatoms. The molecule has 90 valence electrons. The van der Waals surface area contributed by atoms with Crippen LogP contribution >= 0.6 is 0 Å². The average Bonchev–Trinajstić information content (AvgIpc) is 2.21. The molecule has 0 aliphatic heterocycles. The van der Waals surface area contributed by atoms with Gasteiger partial charge in [-0.05, 0) is 57.4 Å². The number of carbonyl (C=O) groups is 1. The summed E-state index contributed by atoms with van der Waals surface area (Å²) in [5.41, 5.74) is 5.51. The number of allylic oxidation sites excluding steroid dienone is 4. The fourth-order valence-electron chi connectivity index (χ4n) is 2.57. The Morgan fingerprint density at radius 3 is 2.50 bits per heavy atom. The van der Waals surface area contributed by atoms with Gasteiger partial charge in [-0.1, -0.05) is 30.6 Å². The van der Waals surface area contributed by atoms with Crippen molar-refractivity contribution in [2.24, 2.45) is 5.41 Å². The number of hydrogen-bond acceptors (Lipinski definition) is 1. The van der Waals surface area contributed by atoms with Gasteiger partial charge in [0.25, 0.3) is 0 Å². The van der Waals surface area contributed by atoms with Crippen LogP contribution < -0.4 is 0 Å². The van der Waals surface area contributed by atoms with Gasteiger partial charge in [-0.25, -0.2) is 0 Å². The van der Waals surface area contributed by atoms with Gasteiger partial charge in [0, 0.05) is 0 Å². The molecule has 1 aliphatic rings. The van der Waals surface area contributed by atoms with Crippen LogP contribution in [0.1, 0.15) is 60.3 Å². The molecule has 0 bridgehead atoms. The third kappa shape index (κ3) is 2.84. The minimum absolute atomic E-state index is 0.312. The lowest BCUT2D eigenvalue weighted by Crippen LogP contribution is -2.20. The van der Waals surface area contributed by atoms with E-state index in [-0.39, 0.29) is 0 Å². The summed E-state index contributed by atoms with van der Waals surface area (Å²) in [5.74, 6) is 0. The van der Waals surface area contributed by atoms with Crippen LogP contribution in [0, 0.1) is 5.41 Å². The van der Waals surface area contributed by atoms with E-state index in [9.17, 15) is 4.79 Å². The summed E-state index contributed by atoms with van der Waals surface area (Å²) in [5, 5.41) is 0. The minimum Gasteiger partial charge on any atom is -0.298 e. The van der Waals surface area contributed by atoms with Crippen molar-refractivity contribution in [2.45, 2.75) is 60.3 Å². The summed E-state index contributed by atoms with van der Waals surface area (Å²) >= 11 is 0. The van der Waals surface area contributed by atoms with Gasteiger partial charge in [-0.3, -0.25) is 4.79 Å². The van der Waals surface area contributed by atoms with Gasteiger partial charge in [0.15, 0.2) is 0 Å². The molecular formula is C15H24O. The molecular weight excluding hydrogens is 196 g/mol. The van der Waals surface area contributed by atoms with Crippen LogP contribution in [-0.4, -0.2) is 6.29 Å². The summed E-state index contributed by atoms with van der Waals surface area (Å²) < 4.78 is 0. The quantitative estimate of drug-likeness (QED) is 0.390. The largest absolute Gasteiger partial charge is 0.298 e. The van der Waals surface area contributed by atoms with Gasteiger partial charge in [0.2, 0.25) is 0 Å². The zero-order valence-corrected chi connectivity index (χ0v) is 11.3. The molecule has 0 amide bonds. The van der Waals surface area contributed by atoms with Gasteiger partial charge < -0.3 is 0 Å². The second-order valence-electron chi connectivity index (χ2n) is 5.75. The third-order valence-electron chi connectivity index (χ3n) is 3.98. The Kier molecular flexibility index (Phi) is 4.12. The molecule has 0 aromatic carbocycles. The van der Waals surface area contributed by atoms with E-state index in [2.05, 4.69) is 27.7 Å². The first-order valence-electron chi connectivity index (χ1n) is 6.19. The molecule has 1 aliphatic carbocycles. The van der Waals surface area contributed by atoms with E-state index < -0.39 is 0 Å². The van der Waals surface area contributed by atoms with Crippen molar-refractivity contribution < 1.29 is 4.79 Å². The zero-order chi connectivity index (χ0) is 12.3. The van der Waals surface area contributed by atoms with E-state index in [1.54, 1.807) is 5.57 Å². The van der Waals surface area contributed by atoms with Crippen molar-refractivity contribution >= 4 is 6.29 Å². The Bertz CT molecular complexity index is 342. The highest BCUT2D eigenvalue weighted by molar-refractivity contribution is 5.73. The molecule has 0 radical (unpaired) electrons. The Morgan fingerprint density at radius 2 is 2.00 bits per heavy atom. The SMILES string of the molecule is CC(C=O)=C(C)CC1=C(C)CCCC1(C)C. The predicted octanol–water partition coefficient (Wildman–Crippen LogP) is 4.44. The highest BCUT2D eigenvalue weighted by Crippen LogP contribution is 2.43. The van der Waals surface area contributed by atoms with Gasteiger partial charge >= 0.3 is 0 Å². The first-order chi connectivity index (χ1) is 7.38. The summed E-state index contributed by atoms with van der Waals surface area (Å²) in [4.78, 5) is 10.8. The van der Waals surface area contributed by atoms with E-state index >= 15 is 0 Å². The summed E-state index contributed by atoms with van der Waals surface area (Å²) in [6.07, 6.45) is 5.75. The van der Waals surface area contributed by atoms with Gasteiger partial charge in [-0.2, -0.15) is 0 Å². The lowest BCUT2D eigenvalue weighted by molar-refractivity contribution is -0.104. The van der Waals surface area contributed by atoms with E-state index in [4.69, 9.17) is 0 Å². The molecule has 0 unspecified atom stereocenters. The fourth-order valence-corrected chi connectivity index (χ4v) is 2.57. The smallest absolute Gasteiger partial charge is 0.145 e. The van der Waals surface area contributed by atoms with Crippen LogP contribution in [0.3, 0.4) is 0 Å². The molecule has 0 fully saturated rings. The van der Waals surface area contributed by atoms with Crippen molar-refractivity contribution in [3.05, 3.63) is 22.3 Å². The van der Waals surface area contributed by atoms with Crippen LogP contribution in [0.5, 0.6) is 0 Å². The molecule has 0 aromatic heterocycles. The van der Waals surface area contributed by atoms with Gasteiger partial charge in [-0.15, -0.1) is 0 Å². The summed E-state index contributed by atoms with van der Waals surface area (Å²) in [6, 6.07) is 0. The van der Waals surface area contributed by atoms with Crippen LogP contribution in [0.4, 0.5) is 0 Å². The predicted molar refractivity (Wildman–Crippen MR) is 69.4 cm³/mol. The highest BCUT2D eigenvalue weighted by Gasteiger charge is 2.28. The molecule has 0 aromatic rings. The maximum Gasteiger partial charge on any atom is 0.145 e. The molecule has 16 heavy (non-hydrogen) atoms. The molecule has 0 N–H and O–H groups in total. The van der Waals surface area contributed by atoms with Crippen molar-refractivity contribution in [2.75, 3.05) is 0 Å². The van der Waals surface area contributed by atoms with Crippen LogP contribution in [0.25, 0.3) is 0 Å². The normalized spacial score (nSPS) is 21.8. The fraction of sp³-hybridized carbons (Fsp3) is 0.667. The van der Waals surface area contributed by atoms with E-state index in [0.717, 1.165) is 18.3 Å². The van der Waals surface area contributed by atoms with E-state index in [1.807, 2.05) is 6.92 Å². The number of rotatable bonds is 3. The monoisotopic (exact) mass is 220 g/mol. The number of aldehydes is 1. The Hall–Kier alpha value is -0.850. The van der Waals surface area contributed by atoms with Crippen molar-refractivity contribution in [1.82, 2.24) is 0 Å². The van der Waals surface area contributed by atoms with Crippen LogP contribution in [-0.2, 0) is 4.79 Å². The lowest BCUT2D eigenvalue weighted by atomic mass is 9.70. The maximum atomic E-state index is 10.8. The molecule has 0 saturated carbocycles. The maximum absolute atomic E-state index is 10.8. The Morgan fingerprint density at radius 1 is 1.38 bits per heavy atom. The second kappa shape index (κ2) is 4.99. The van der Waals surface area contributed by atoms with Crippen molar-refractivity contribution in [3.8, 4) is 0 Å². The molecule has 0 spiro atoms. The first-order valence-corrected chi connectivity index (χ1v) is 6.19. The van der Waals surface area contributed by atoms with Crippen molar-refractivity contribution in [3.63, 3.8) is 0 Å². The average molecular weight is 220 g/mol. The van der Waals surface area contributed by atoms with E-state index in [0.29, 0.717) is 5.41 Å². The van der Waals surface area contributed by atoms with Crippen LogP contribution in [0.15, 0.2) is 22.3 Å². The lowest BCUT2D eigenvalue weighted by Gasteiger charge is -2.35. The molecule has 1 nitrogen and oxygen atoms in total. The first kappa shape index (κ1) is 13.2. The standard InChI is InChI=1S/C15H24O/c1-11-7-6-8-15(4,5)14(11)9-12(2)13(3)10-16/h10H,6-9H2,1-5H3. The third-order valence-corrected chi connectivity index (χ3v) is 3.98. The second-order valence-corrected chi connectivity index (χ2v) is 5.75. The summed E-state index contributed by atoms with van der Waals surface area (Å²) in [7, 11) is 0. The highest BCUT2D eigenvalue weighted by atomic mass is 16.1. The molecule has 1 rings (SSSR count). The Balaban J connectivity index is 2.98. The zero-order valence-electron chi connectivity index (χ0n) is 11.3. The summed E-state index contributed by atoms with van der Waals surface area (Å²) in [6.45, 7) is 10.9. The van der Waals surface area contributed by atoms with E-state index in [1.165, 1.54) is 30.4 Å². The molecule has 0 atom stereocenters.